The summed E-state index contributed by atoms with van der Waals surface area (Å²) in [6.07, 6.45) is 25.0. The molecule has 0 aliphatic rings. The first-order valence-electron chi connectivity index (χ1n) is 17.9. The standard InChI is InChI=1S/C29H38N2.2C6H13.Pd/c1-4-7-10-14-25-16-12-19-28(23-25)29(26(17-9-6-3)20-21-31-30)27-18-11-15-24(22-27)13-8-5-2;2*1-3-5-6-4-2;/h11-12,15-16,18-20,22-23H,4-10,13-14,17H2,1-3H3;2*1,3-6H2,2H3;. The van der Waals surface area contributed by atoms with Crippen LogP contribution < -0.4 is 0 Å². The Hall–Kier alpha value is -2.00. The second-order valence-corrected chi connectivity index (χ2v) is 14.3. The molecule has 0 aliphatic heterocycles. The molecule has 248 valence electrons. The van der Waals surface area contributed by atoms with Crippen molar-refractivity contribution in [3.8, 4) is 0 Å². The molecule has 0 aromatic heterocycles. The predicted molar refractivity (Wildman–Crippen MR) is 191 cm³/mol. The minimum absolute atomic E-state index is 0.938. The summed E-state index contributed by atoms with van der Waals surface area (Å²) in [4.78, 5) is 6.20. The number of hydrogen-bond donors (Lipinski definition) is 0. The van der Waals surface area contributed by atoms with Crippen LogP contribution in [0.3, 0.4) is 0 Å². The Balaban J connectivity index is 0.000000627. The molecule has 0 aliphatic carbocycles. The summed E-state index contributed by atoms with van der Waals surface area (Å²) in [6.45, 7) is 11.3. The van der Waals surface area contributed by atoms with E-state index in [1.165, 1.54) is 127 Å². The maximum Gasteiger partial charge on any atom is 0.299 e. The first kappa shape index (κ1) is 40.0. The van der Waals surface area contributed by atoms with Crippen molar-refractivity contribution < 1.29 is 22.8 Å². The van der Waals surface area contributed by atoms with Crippen molar-refractivity contribution in [3.63, 3.8) is 0 Å². The van der Waals surface area contributed by atoms with Crippen molar-refractivity contribution >= 4 is 11.4 Å². The van der Waals surface area contributed by atoms with Gasteiger partial charge in [-0.1, -0.05) is 95.0 Å². The van der Waals surface area contributed by atoms with E-state index in [1.54, 1.807) is 0 Å². The fraction of sp³-hybridized carbons (Fsp3) is 0.610. The summed E-state index contributed by atoms with van der Waals surface area (Å²) < 4.78 is 0. The largest absolute Gasteiger partial charge is 0.348 e. The van der Waals surface area contributed by atoms with Crippen molar-refractivity contribution in [3.05, 3.63) is 88.0 Å². The van der Waals surface area contributed by atoms with Crippen molar-refractivity contribution in [2.24, 2.45) is 0 Å². The minimum Gasteiger partial charge on any atom is -0.348 e. The van der Waals surface area contributed by atoms with E-state index in [0.717, 1.165) is 50.1 Å². The van der Waals surface area contributed by atoms with Crippen molar-refractivity contribution in [2.45, 2.75) is 160 Å². The van der Waals surface area contributed by atoms with Crippen molar-refractivity contribution in [1.82, 2.24) is 0 Å². The van der Waals surface area contributed by atoms with Gasteiger partial charge >= 0.3 is 93.0 Å². The normalized spacial score (nSPS) is 11.3. The van der Waals surface area contributed by atoms with Crippen LogP contribution in [0.25, 0.3) is 11.1 Å². The number of rotatable bonds is 23. The average molecular weight is 691 g/mol. The molecule has 2 nitrogen and oxygen atoms in total. The molecule has 2 aromatic rings. The molecule has 0 atom stereocenters. The second kappa shape index (κ2) is 28.5. The fourth-order valence-corrected chi connectivity index (χ4v) is 7.20. The molecule has 0 radical (unpaired) electrons. The molecule has 0 saturated heterocycles. The molecule has 0 amide bonds. The number of hydrogen-bond acceptors (Lipinski definition) is 0. The second-order valence-electron chi connectivity index (χ2n) is 11.9. The van der Waals surface area contributed by atoms with Crippen LogP contribution in [-0.2, 0) is 30.8 Å². The Morgan fingerprint density at radius 1 is 0.636 bits per heavy atom. The maximum absolute atomic E-state index is 9.03. The molecule has 0 heterocycles. The topological polar surface area (TPSA) is 36.4 Å². The number of unbranched alkanes of at least 4 members (excludes halogenated alkanes) is 10. The van der Waals surface area contributed by atoms with Gasteiger partial charge in [-0.2, -0.15) is 0 Å². The number of aryl methyl sites for hydroxylation is 2. The molecule has 2 rings (SSSR count). The Morgan fingerprint density at radius 3 is 1.64 bits per heavy atom. The van der Waals surface area contributed by atoms with E-state index in [0.29, 0.717) is 0 Å². The van der Waals surface area contributed by atoms with Crippen LogP contribution in [-0.4, -0.2) is 10.7 Å². The van der Waals surface area contributed by atoms with Crippen LogP contribution in [0, 0.1) is 0 Å². The van der Waals surface area contributed by atoms with E-state index < -0.39 is 0 Å². The van der Waals surface area contributed by atoms with Gasteiger partial charge in [-0.05, 0) is 71.9 Å². The third-order valence-electron chi connectivity index (χ3n) is 7.89. The van der Waals surface area contributed by atoms with E-state index in [9.17, 15) is 0 Å². The van der Waals surface area contributed by atoms with E-state index in [4.69, 9.17) is 5.53 Å². The molecule has 44 heavy (non-hydrogen) atoms. The number of allylic oxidation sites excluding steroid dienone is 2. The summed E-state index contributed by atoms with van der Waals surface area (Å²) in [5.41, 5.74) is 16.7. The molecule has 0 bridgehead atoms. The Kier molecular flexibility index (Phi) is 25.9. The minimum atomic E-state index is 0.938. The van der Waals surface area contributed by atoms with E-state index in [1.807, 2.05) is 6.08 Å². The third-order valence-corrected chi connectivity index (χ3v) is 10.1. The van der Waals surface area contributed by atoms with Gasteiger partial charge in [-0.3, -0.25) is 0 Å². The van der Waals surface area contributed by atoms with Gasteiger partial charge in [-0.15, -0.1) is 4.79 Å². The number of benzene rings is 2. The molecular formula is C41H64N2Pd. The zero-order valence-corrected chi connectivity index (χ0v) is 30.6. The third kappa shape index (κ3) is 18.7. The first-order chi connectivity index (χ1) is 21.6. The Labute approximate surface area is 281 Å². The van der Waals surface area contributed by atoms with Gasteiger partial charge in [0.25, 0.3) is 5.87 Å². The maximum atomic E-state index is 9.03. The van der Waals surface area contributed by atoms with Crippen molar-refractivity contribution in [1.29, 1.82) is 0 Å². The van der Waals surface area contributed by atoms with E-state index >= 15 is 0 Å². The molecule has 0 fully saturated rings. The first-order valence-corrected chi connectivity index (χ1v) is 20.1. The van der Waals surface area contributed by atoms with Crippen molar-refractivity contribution in [2.75, 3.05) is 0 Å². The summed E-state index contributed by atoms with van der Waals surface area (Å²) >= 11 is 1.07. The summed E-state index contributed by atoms with van der Waals surface area (Å²) in [6, 6.07) is 17.9. The molecule has 2 aromatic carbocycles. The summed E-state index contributed by atoms with van der Waals surface area (Å²) in [5.74, 6) is 2.68. The van der Waals surface area contributed by atoms with Crippen LogP contribution in [0.2, 0.25) is 9.79 Å². The summed E-state index contributed by atoms with van der Waals surface area (Å²) in [5, 5.41) is 0. The Morgan fingerprint density at radius 2 is 1.14 bits per heavy atom. The summed E-state index contributed by atoms with van der Waals surface area (Å²) in [7, 11) is 0. The van der Waals surface area contributed by atoms with Gasteiger partial charge in [0.05, 0.1) is 6.08 Å². The number of nitrogens with zero attached hydrogens (tertiary/aromatic N) is 2. The zero-order chi connectivity index (χ0) is 32.1. The van der Waals surface area contributed by atoms with Crippen LogP contribution in [0.1, 0.15) is 160 Å². The van der Waals surface area contributed by atoms with Crippen LogP contribution in [0.15, 0.2) is 60.2 Å². The van der Waals surface area contributed by atoms with Crippen LogP contribution in [0.5, 0.6) is 0 Å². The van der Waals surface area contributed by atoms with Crippen LogP contribution >= 0.6 is 0 Å². The molecular weight excluding hydrogens is 627 g/mol. The molecule has 0 saturated carbocycles. The van der Waals surface area contributed by atoms with Gasteiger partial charge in [0.15, 0.2) is 0 Å². The average Bonchev–Trinajstić information content (AvgIpc) is 3.05. The van der Waals surface area contributed by atoms with Gasteiger partial charge in [0.1, 0.15) is 0 Å². The SMILES string of the molecule is CCCCC[CH2][Pd][CH2]CCCCC.CCCCCc1cccc(C(=C(C=C=[N+]=[N-])CCCC)c2cccc(CCCC)c2)c1. The zero-order valence-electron chi connectivity index (χ0n) is 29.0. The van der Waals surface area contributed by atoms with Gasteiger partial charge in [0, 0.05) is 0 Å². The van der Waals surface area contributed by atoms with Gasteiger partial charge < -0.3 is 5.53 Å². The molecule has 0 unspecified atom stereocenters. The molecule has 0 N–H and O–H groups in total. The molecule has 3 heteroatoms. The quantitative estimate of drug-likeness (QED) is 0.0278. The monoisotopic (exact) mass is 690 g/mol. The Bertz CT molecular complexity index is 1100. The fourth-order valence-electron chi connectivity index (χ4n) is 5.25. The smallest absolute Gasteiger partial charge is 0.299 e. The predicted octanol–water partition coefficient (Wildman–Crippen LogP) is 13.3. The van der Waals surface area contributed by atoms with Gasteiger partial charge in [-0.25, -0.2) is 0 Å². The van der Waals surface area contributed by atoms with E-state index in [2.05, 4.69) is 93.8 Å². The van der Waals surface area contributed by atoms with Gasteiger partial charge in [0.2, 0.25) is 0 Å². The van der Waals surface area contributed by atoms with E-state index in [-0.39, 0.29) is 0 Å². The molecule has 0 spiro atoms. The van der Waals surface area contributed by atoms with Crippen LogP contribution in [0.4, 0.5) is 0 Å².